The summed E-state index contributed by atoms with van der Waals surface area (Å²) in [5.74, 6) is -0.777. The van der Waals surface area contributed by atoms with Crippen LogP contribution in [0.1, 0.15) is 35.1 Å². The normalized spacial score (nSPS) is 11.2. The van der Waals surface area contributed by atoms with Gasteiger partial charge in [0, 0.05) is 0 Å². The summed E-state index contributed by atoms with van der Waals surface area (Å²) in [4.78, 5) is 12.4. The molecule has 0 saturated heterocycles. The van der Waals surface area contributed by atoms with E-state index in [0.29, 0.717) is 17.7 Å². The van der Waals surface area contributed by atoms with Crippen LogP contribution in [0, 0.1) is 5.82 Å². The van der Waals surface area contributed by atoms with Crippen molar-refractivity contribution in [2.75, 3.05) is 5.73 Å². The lowest BCUT2D eigenvalue weighted by atomic mass is 10.2. The zero-order chi connectivity index (χ0) is 18.5. The molecular weight excluding hydrogens is 343 g/mol. The molecule has 0 spiro atoms. The lowest BCUT2D eigenvalue weighted by Gasteiger charge is -2.03. The highest BCUT2D eigenvalue weighted by atomic mass is 19.1. The van der Waals surface area contributed by atoms with Crippen LogP contribution in [0.4, 0.5) is 10.2 Å². The maximum absolute atomic E-state index is 13.1. The molecule has 10 nitrogen and oxygen atoms in total. The highest BCUT2D eigenvalue weighted by Crippen LogP contribution is 2.17. The smallest absolute Gasteiger partial charge is 0.293 e. The molecule has 0 aliphatic rings. The summed E-state index contributed by atoms with van der Waals surface area (Å²) in [7, 11) is 0. The Morgan fingerprint density at radius 3 is 3.00 bits per heavy atom. The molecule has 0 aliphatic carbocycles. The van der Waals surface area contributed by atoms with Crippen molar-refractivity contribution in [3.8, 4) is 5.82 Å². The fourth-order valence-corrected chi connectivity index (χ4v) is 2.25. The number of hydrogen-bond acceptors (Lipinski definition) is 8. The molecule has 0 atom stereocenters. The van der Waals surface area contributed by atoms with Crippen molar-refractivity contribution in [1.82, 2.24) is 30.7 Å². The molecule has 2 aromatic heterocycles. The van der Waals surface area contributed by atoms with Crippen molar-refractivity contribution >= 4 is 17.9 Å². The topological polar surface area (TPSA) is 137 Å². The Morgan fingerprint density at radius 1 is 1.46 bits per heavy atom. The van der Waals surface area contributed by atoms with Gasteiger partial charge in [-0.2, -0.15) is 9.78 Å². The summed E-state index contributed by atoms with van der Waals surface area (Å²) in [6.07, 6.45) is 2.55. The van der Waals surface area contributed by atoms with Crippen molar-refractivity contribution in [3.05, 3.63) is 47.0 Å². The summed E-state index contributed by atoms with van der Waals surface area (Å²) in [5, 5.41) is 18.7. The Labute approximate surface area is 146 Å². The highest BCUT2D eigenvalue weighted by molar-refractivity contribution is 5.94. The number of nitrogen functional groups attached to an aromatic ring is 1. The third-order valence-electron chi connectivity index (χ3n) is 3.39. The number of carbonyl (C=O) groups is 1. The Kier molecular flexibility index (Phi) is 4.97. The predicted octanol–water partition coefficient (Wildman–Crippen LogP) is 1.09. The molecule has 3 rings (SSSR count). The number of hydrogen-bond donors (Lipinski definition) is 2. The van der Waals surface area contributed by atoms with E-state index in [1.54, 1.807) is 12.1 Å². The van der Waals surface area contributed by atoms with Crippen LogP contribution in [0.5, 0.6) is 0 Å². The van der Waals surface area contributed by atoms with Crippen molar-refractivity contribution < 1.29 is 13.8 Å². The third kappa shape index (κ3) is 3.55. The number of anilines is 1. The van der Waals surface area contributed by atoms with Gasteiger partial charge in [-0.15, -0.1) is 5.10 Å². The monoisotopic (exact) mass is 358 g/mol. The second kappa shape index (κ2) is 7.51. The van der Waals surface area contributed by atoms with Crippen LogP contribution in [0.15, 0.2) is 34.0 Å². The summed E-state index contributed by atoms with van der Waals surface area (Å²) in [6, 6.07) is 5.79. The van der Waals surface area contributed by atoms with Gasteiger partial charge in [0.15, 0.2) is 5.69 Å². The number of rotatable bonds is 6. The minimum atomic E-state index is -0.567. The van der Waals surface area contributed by atoms with Crippen LogP contribution in [0.25, 0.3) is 5.82 Å². The molecule has 1 aromatic carbocycles. The Bertz CT molecular complexity index is 949. The minimum Gasteiger partial charge on any atom is -0.378 e. The van der Waals surface area contributed by atoms with Crippen LogP contribution in [-0.2, 0) is 6.42 Å². The number of amides is 1. The first kappa shape index (κ1) is 17.2. The molecule has 0 aliphatic heterocycles. The lowest BCUT2D eigenvalue weighted by Crippen LogP contribution is -2.20. The molecule has 0 radical (unpaired) electrons. The Morgan fingerprint density at radius 2 is 2.31 bits per heavy atom. The second-order valence-corrected chi connectivity index (χ2v) is 5.27. The zero-order valence-corrected chi connectivity index (χ0v) is 13.8. The summed E-state index contributed by atoms with van der Waals surface area (Å²) in [5.41, 5.74) is 9.08. The molecule has 0 bridgehead atoms. The molecule has 3 aromatic rings. The first-order valence-electron chi connectivity index (χ1n) is 7.72. The maximum atomic E-state index is 13.1. The molecule has 0 fully saturated rings. The Balaban J connectivity index is 1.81. The van der Waals surface area contributed by atoms with E-state index >= 15 is 0 Å². The quantitative estimate of drug-likeness (QED) is 0.497. The maximum Gasteiger partial charge on any atom is 0.293 e. The first-order chi connectivity index (χ1) is 12.6. The summed E-state index contributed by atoms with van der Waals surface area (Å²) in [6.45, 7) is 1.94. The van der Waals surface area contributed by atoms with Crippen LogP contribution < -0.4 is 11.2 Å². The number of carbonyl (C=O) groups excluding carboxylic acids is 1. The molecule has 0 saturated carbocycles. The van der Waals surface area contributed by atoms with Gasteiger partial charge in [0.05, 0.1) is 11.9 Å². The van der Waals surface area contributed by atoms with Crippen LogP contribution >= 0.6 is 0 Å². The van der Waals surface area contributed by atoms with Gasteiger partial charge < -0.3 is 5.73 Å². The van der Waals surface area contributed by atoms with Crippen LogP contribution in [0.3, 0.4) is 0 Å². The highest BCUT2D eigenvalue weighted by Gasteiger charge is 2.23. The molecule has 0 unspecified atom stereocenters. The minimum absolute atomic E-state index is 0.0309. The number of aromatic nitrogens is 5. The van der Waals surface area contributed by atoms with Gasteiger partial charge in [-0.25, -0.2) is 14.4 Å². The van der Waals surface area contributed by atoms with Gasteiger partial charge in [0.1, 0.15) is 5.82 Å². The SMILES string of the molecule is CCCc1c(C(=O)N/N=C/c2cccc(F)c2)nnn1-c1nonc1N. The van der Waals surface area contributed by atoms with Gasteiger partial charge in [0.25, 0.3) is 5.91 Å². The van der Waals surface area contributed by atoms with Gasteiger partial charge in [-0.05, 0) is 34.4 Å². The van der Waals surface area contributed by atoms with E-state index in [0.717, 1.165) is 6.42 Å². The third-order valence-corrected chi connectivity index (χ3v) is 3.39. The van der Waals surface area contributed by atoms with Gasteiger partial charge in [0.2, 0.25) is 11.6 Å². The fourth-order valence-electron chi connectivity index (χ4n) is 2.25. The zero-order valence-electron chi connectivity index (χ0n) is 13.8. The van der Waals surface area contributed by atoms with Crippen LogP contribution in [-0.4, -0.2) is 37.4 Å². The number of hydrazone groups is 1. The molecule has 1 amide bonds. The van der Waals surface area contributed by atoms with E-state index in [2.05, 4.69) is 35.8 Å². The summed E-state index contributed by atoms with van der Waals surface area (Å²) >= 11 is 0. The first-order valence-corrected chi connectivity index (χ1v) is 7.72. The predicted molar refractivity (Wildman–Crippen MR) is 89.1 cm³/mol. The molecule has 11 heteroatoms. The van der Waals surface area contributed by atoms with E-state index in [9.17, 15) is 9.18 Å². The van der Waals surface area contributed by atoms with Gasteiger partial charge in [-0.1, -0.05) is 30.7 Å². The van der Waals surface area contributed by atoms with E-state index in [4.69, 9.17) is 5.73 Å². The van der Waals surface area contributed by atoms with Crippen LogP contribution in [0.2, 0.25) is 0 Å². The number of nitrogens with zero attached hydrogens (tertiary/aromatic N) is 6. The van der Waals surface area contributed by atoms with Gasteiger partial charge in [-0.3, -0.25) is 4.79 Å². The molecule has 134 valence electrons. The average molecular weight is 358 g/mol. The number of nitrogens with two attached hydrogens (primary N) is 1. The number of benzene rings is 1. The lowest BCUT2D eigenvalue weighted by molar-refractivity contribution is 0.0949. The largest absolute Gasteiger partial charge is 0.378 e. The van der Waals surface area contributed by atoms with Crippen molar-refractivity contribution in [3.63, 3.8) is 0 Å². The average Bonchev–Trinajstić information content (AvgIpc) is 3.21. The van der Waals surface area contributed by atoms with Gasteiger partial charge >= 0.3 is 0 Å². The van der Waals surface area contributed by atoms with Crippen molar-refractivity contribution in [2.24, 2.45) is 5.10 Å². The van der Waals surface area contributed by atoms with E-state index in [1.165, 1.54) is 23.0 Å². The molecular formula is C15H15FN8O2. The van der Waals surface area contributed by atoms with E-state index in [-0.39, 0.29) is 17.3 Å². The fraction of sp³-hybridized carbons (Fsp3) is 0.200. The summed E-state index contributed by atoms with van der Waals surface area (Å²) < 4.78 is 19.0. The number of halogens is 1. The van der Waals surface area contributed by atoms with E-state index < -0.39 is 11.7 Å². The molecule has 3 N–H and O–H groups in total. The molecule has 26 heavy (non-hydrogen) atoms. The standard InChI is InChI=1S/C15H15FN8O2/c1-2-4-11-12(19-23-24(11)14-13(17)21-26-22-14)15(25)20-18-8-9-5-3-6-10(16)7-9/h3,5-8H,2,4H2,1H3,(H2,17,21)(H,20,25)/b18-8+. The van der Waals surface area contributed by atoms with Crippen molar-refractivity contribution in [1.29, 1.82) is 0 Å². The van der Waals surface area contributed by atoms with E-state index in [1.807, 2.05) is 6.92 Å². The second-order valence-electron chi connectivity index (χ2n) is 5.27. The Hall–Kier alpha value is -3.63. The van der Waals surface area contributed by atoms with Crippen molar-refractivity contribution in [2.45, 2.75) is 19.8 Å². The molecule has 2 heterocycles. The number of nitrogens with one attached hydrogen (secondary N) is 1.